The van der Waals surface area contributed by atoms with E-state index in [9.17, 15) is 4.79 Å². The molecule has 1 amide bonds. The van der Waals surface area contributed by atoms with Crippen LogP contribution >= 0.6 is 11.8 Å². The molecule has 0 fully saturated rings. The van der Waals surface area contributed by atoms with Gasteiger partial charge in [0.25, 0.3) is 5.91 Å². The molecule has 0 saturated carbocycles. The van der Waals surface area contributed by atoms with Crippen LogP contribution in [0.2, 0.25) is 0 Å². The Morgan fingerprint density at radius 3 is 2.79 bits per heavy atom. The quantitative estimate of drug-likeness (QED) is 0.599. The average molecular weight is 334 g/mol. The van der Waals surface area contributed by atoms with Crippen LogP contribution < -0.4 is 10.6 Å². The maximum atomic E-state index is 12.1. The predicted molar refractivity (Wildman–Crippen MR) is 93.5 cm³/mol. The van der Waals surface area contributed by atoms with Crippen molar-refractivity contribution in [2.24, 2.45) is 0 Å². The Kier molecular flexibility index (Phi) is 3.88. The summed E-state index contributed by atoms with van der Waals surface area (Å²) in [6, 6.07) is 15.3. The van der Waals surface area contributed by atoms with Crippen LogP contribution in [0.3, 0.4) is 0 Å². The van der Waals surface area contributed by atoms with Gasteiger partial charge in [0.15, 0.2) is 5.82 Å². The maximum absolute atomic E-state index is 12.1. The second-order valence-corrected chi connectivity index (χ2v) is 6.35. The van der Waals surface area contributed by atoms with Gasteiger partial charge in [-0.15, -0.1) is 0 Å². The summed E-state index contributed by atoms with van der Waals surface area (Å²) >= 11 is 1.59. The van der Waals surface area contributed by atoms with Gasteiger partial charge in [-0.1, -0.05) is 36.0 Å². The first-order chi connectivity index (χ1) is 11.8. The number of aromatic nitrogens is 2. The van der Waals surface area contributed by atoms with E-state index in [1.807, 2.05) is 36.4 Å². The van der Waals surface area contributed by atoms with Gasteiger partial charge in [-0.3, -0.25) is 4.79 Å². The minimum Gasteiger partial charge on any atom is -0.348 e. The van der Waals surface area contributed by atoms with E-state index in [0.29, 0.717) is 12.1 Å². The number of hydrogen-bond donors (Lipinski definition) is 2. The Morgan fingerprint density at radius 1 is 1.08 bits per heavy atom. The molecular formula is C18H14N4OS. The Labute approximate surface area is 143 Å². The van der Waals surface area contributed by atoms with E-state index < -0.39 is 0 Å². The van der Waals surface area contributed by atoms with Crippen molar-refractivity contribution in [3.63, 3.8) is 0 Å². The van der Waals surface area contributed by atoms with Gasteiger partial charge in [0.2, 0.25) is 0 Å². The SMILES string of the molecule is O=C(NCc1ccc2c(c1)Nc1nccnc1S2)c1ccccc1. The summed E-state index contributed by atoms with van der Waals surface area (Å²) in [4.78, 5) is 21.8. The van der Waals surface area contributed by atoms with Crippen molar-refractivity contribution >= 4 is 29.2 Å². The number of carbonyl (C=O) groups excluding carboxylic acids is 1. The van der Waals surface area contributed by atoms with Crippen LogP contribution in [-0.4, -0.2) is 15.9 Å². The lowest BCUT2D eigenvalue weighted by Gasteiger charge is -2.19. The van der Waals surface area contributed by atoms with Crippen LogP contribution in [-0.2, 0) is 6.54 Å². The number of carbonyl (C=O) groups is 1. The largest absolute Gasteiger partial charge is 0.348 e. The number of hydrogen-bond acceptors (Lipinski definition) is 5. The second kappa shape index (κ2) is 6.33. The normalized spacial score (nSPS) is 11.8. The Morgan fingerprint density at radius 2 is 1.92 bits per heavy atom. The van der Waals surface area contributed by atoms with E-state index in [1.165, 1.54) is 0 Å². The smallest absolute Gasteiger partial charge is 0.251 e. The summed E-state index contributed by atoms with van der Waals surface area (Å²) in [5.74, 6) is 0.687. The average Bonchev–Trinajstić information content (AvgIpc) is 2.65. The summed E-state index contributed by atoms with van der Waals surface area (Å²) in [7, 11) is 0. The summed E-state index contributed by atoms with van der Waals surface area (Å²) < 4.78 is 0. The highest BCUT2D eigenvalue weighted by atomic mass is 32.2. The van der Waals surface area contributed by atoms with Gasteiger partial charge in [-0.2, -0.15) is 0 Å². The zero-order chi connectivity index (χ0) is 16.4. The van der Waals surface area contributed by atoms with Gasteiger partial charge in [0, 0.05) is 29.4 Å². The Balaban J connectivity index is 1.48. The molecule has 24 heavy (non-hydrogen) atoms. The van der Waals surface area contributed by atoms with Crippen LogP contribution in [0.4, 0.5) is 11.5 Å². The first-order valence-electron chi connectivity index (χ1n) is 7.52. The van der Waals surface area contributed by atoms with Gasteiger partial charge in [-0.25, -0.2) is 9.97 Å². The Bertz CT molecular complexity index is 899. The number of nitrogens with zero attached hydrogens (tertiary/aromatic N) is 2. The van der Waals surface area contributed by atoms with E-state index in [2.05, 4.69) is 20.6 Å². The number of nitrogens with one attached hydrogen (secondary N) is 2. The summed E-state index contributed by atoms with van der Waals surface area (Å²) in [6.45, 7) is 0.473. The van der Waals surface area contributed by atoms with E-state index in [-0.39, 0.29) is 5.91 Å². The fourth-order valence-corrected chi connectivity index (χ4v) is 3.34. The van der Waals surface area contributed by atoms with Crippen molar-refractivity contribution < 1.29 is 4.79 Å². The zero-order valence-electron chi connectivity index (χ0n) is 12.7. The highest BCUT2D eigenvalue weighted by Gasteiger charge is 2.17. The molecule has 0 saturated heterocycles. The van der Waals surface area contributed by atoms with Crippen LogP contribution in [0, 0.1) is 0 Å². The summed E-state index contributed by atoms with van der Waals surface area (Å²) in [5.41, 5.74) is 2.67. The fourth-order valence-electron chi connectivity index (χ4n) is 2.47. The first kappa shape index (κ1) is 14.7. The van der Waals surface area contributed by atoms with Crippen molar-refractivity contribution in [2.75, 3.05) is 5.32 Å². The monoisotopic (exact) mass is 334 g/mol. The zero-order valence-corrected chi connectivity index (χ0v) is 13.5. The van der Waals surface area contributed by atoms with Crippen LogP contribution in [0.5, 0.6) is 0 Å². The molecule has 2 heterocycles. The molecular weight excluding hydrogens is 320 g/mol. The third-order valence-corrected chi connectivity index (χ3v) is 4.73. The molecule has 5 nitrogen and oxygen atoms in total. The number of benzene rings is 2. The number of fused-ring (bicyclic) bond motifs is 2. The molecule has 0 bridgehead atoms. The van der Waals surface area contributed by atoms with E-state index >= 15 is 0 Å². The molecule has 1 aromatic heterocycles. The fraction of sp³-hybridized carbons (Fsp3) is 0.0556. The summed E-state index contributed by atoms with van der Waals surface area (Å²) in [5, 5.41) is 7.10. The van der Waals surface area contributed by atoms with Crippen LogP contribution in [0.1, 0.15) is 15.9 Å². The van der Waals surface area contributed by atoms with Crippen molar-refractivity contribution in [1.29, 1.82) is 0 Å². The molecule has 0 spiro atoms. The molecule has 118 valence electrons. The lowest BCUT2D eigenvalue weighted by Crippen LogP contribution is -2.22. The topological polar surface area (TPSA) is 66.9 Å². The molecule has 0 aliphatic carbocycles. The predicted octanol–water partition coefficient (Wildman–Crippen LogP) is 3.61. The molecule has 2 aromatic carbocycles. The molecule has 3 aromatic rings. The van der Waals surface area contributed by atoms with Gasteiger partial charge >= 0.3 is 0 Å². The lowest BCUT2D eigenvalue weighted by atomic mass is 10.1. The number of anilines is 2. The highest BCUT2D eigenvalue weighted by Crippen LogP contribution is 2.41. The highest BCUT2D eigenvalue weighted by molar-refractivity contribution is 7.99. The number of rotatable bonds is 3. The van der Waals surface area contributed by atoms with Crippen molar-refractivity contribution in [3.05, 3.63) is 72.1 Å². The molecule has 2 N–H and O–H groups in total. The molecule has 0 unspecified atom stereocenters. The van der Waals surface area contributed by atoms with E-state index in [1.54, 1.807) is 36.3 Å². The van der Waals surface area contributed by atoms with Crippen molar-refractivity contribution in [3.8, 4) is 0 Å². The number of amides is 1. The van der Waals surface area contributed by atoms with Gasteiger partial charge in [0.05, 0.1) is 5.69 Å². The van der Waals surface area contributed by atoms with Gasteiger partial charge < -0.3 is 10.6 Å². The van der Waals surface area contributed by atoms with E-state index in [0.717, 1.165) is 27.0 Å². The first-order valence-corrected chi connectivity index (χ1v) is 8.33. The van der Waals surface area contributed by atoms with Crippen molar-refractivity contribution in [1.82, 2.24) is 15.3 Å². The second-order valence-electron chi connectivity index (χ2n) is 5.32. The van der Waals surface area contributed by atoms with Crippen LogP contribution in [0.15, 0.2) is 70.8 Å². The molecule has 4 rings (SSSR count). The maximum Gasteiger partial charge on any atom is 0.251 e. The third kappa shape index (κ3) is 2.96. The standard InChI is InChI=1S/C18H14N4OS/c23-17(13-4-2-1-3-5-13)21-11-12-6-7-15-14(10-12)22-16-18(24-15)20-9-8-19-16/h1-10H,11H2,(H,19,22)(H,21,23). The van der Waals surface area contributed by atoms with Gasteiger partial charge in [-0.05, 0) is 29.8 Å². The molecule has 1 aliphatic heterocycles. The van der Waals surface area contributed by atoms with E-state index in [4.69, 9.17) is 0 Å². The van der Waals surface area contributed by atoms with Crippen LogP contribution in [0.25, 0.3) is 0 Å². The lowest BCUT2D eigenvalue weighted by molar-refractivity contribution is 0.0951. The molecule has 1 aliphatic rings. The van der Waals surface area contributed by atoms with Crippen molar-refractivity contribution in [2.45, 2.75) is 16.5 Å². The molecule has 0 atom stereocenters. The minimum atomic E-state index is -0.0770. The molecule has 0 radical (unpaired) electrons. The molecule has 6 heteroatoms. The Hall–Kier alpha value is -2.86. The summed E-state index contributed by atoms with van der Waals surface area (Å²) in [6.07, 6.45) is 3.35. The minimum absolute atomic E-state index is 0.0770. The van der Waals surface area contributed by atoms with Gasteiger partial charge in [0.1, 0.15) is 5.03 Å². The third-order valence-electron chi connectivity index (χ3n) is 3.66.